The quantitative estimate of drug-likeness (QED) is 0.823. The van der Waals surface area contributed by atoms with Crippen LogP contribution < -0.4 is 11.1 Å². The van der Waals surface area contributed by atoms with Gasteiger partial charge in [-0.25, -0.2) is 4.98 Å². The molecule has 3 rings (SSSR count). The highest BCUT2D eigenvalue weighted by Gasteiger charge is 2.14. The Labute approximate surface area is 113 Å². The van der Waals surface area contributed by atoms with Gasteiger partial charge >= 0.3 is 0 Å². The minimum absolute atomic E-state index is 0.559. The van der Waals surface area contributed by atoms with Crippen molar-refractivity contribution in [3.8, 4) is 11.5 Å². The molecule has 0 aliphatic heterocycles. The zero-order valence-electron chi connectivity index (χ0n) is 10.9. The van der Waals surface area contributed by atoms with Crippen LogP contribution in [0.3, 0.4) is 0 Å². The number of nitrogens with two attached hydrogens (primary N) is 1. The fraction of sp³-hybridized carbons (Fsp3) is 0.400. The third-order valence-corrected chi connectivity index (χ3v) is 3.70. The van der Waals surface area contributed by atoms with E-state index in [1.54, 1.807) is 12.5 Å². The zero-order valence-corrected chi connectivity index (χ0v) is 10.9. The lowest BCUT2D eigenvalue weighted by molar-refractivity contribution is 0.463. The van der Waals surface area contributed by atoms with Gasteiger partial charge < -0.3 is 15.5 Å². The second-order valence-corrected chi connectivity index (χ2v) is 5.12. The van der Waals surface area contributed by atoms with Crippen molar-refractivity contribution in [1.29, 1.82) is 0 Å². The number of hydrogen-bond acceptors (Lipinski definition) is 4. The Balaban J connectivity index is 1.76. The van der Waals surface area contributed by atoms with Crippen LogP contribution in [0.1, 0.15) is 32.1 Å². The molecule has 1 aromatic carbocycles. The molecule has 0 bridgehead atoms. The number of hydrogen-bond donors (Lipinski definition) is 2. The van der Waals surface area contributed by atoms with E-state index in [4.69, 9.17) is 10.2 Å². The maximum absolute atomic E-state index is 6.11. The summed E-state index contributed by atoms with van der Waals surface area (Å²) in [4.78, 5) is 4.13. The SMILES string of the molecule is Nc1cc(-c2ncco2)ccc1NC1CCCCC1. The Morgan fingerprint density at radius 1 is 1.21 bits per heavy atom. The Morgan fingerprint density at radius 2 is 2.05 bits per heavy atom. The fourth-order valence-electron chi connectivity index (χ4n) is 2.66. The van der Waals surface area contributed by atoms with Crippen LogP contribution in [-0.2, 0) is 0 Å². The summed E-state index contributed by atoms with van der Waals surface area (Å²) in [5.41, 5.74) is 8.79. The summed E-state index contributed by atoms with van der Waals surface area (Å²) in [7, 11) is 0. The highest BCUT2D eigenvalue weighted by Crippen LogP contribution is 2.28. The Bertz CT molecular complexity index is 530. The van der Waals surface area contributed by atoms with E-state index >= 15 is 0 Å². The van der Waals surface area contributed by atoms with Crippen molar-refractivity contribution in [2.75, 3.05) is 11.1 Å². The van der Waals surface area contributed by atoms with Gasteiger partial charge in [0.15, 0.2) is 0 Å². The summed E-state index contributed by atoms with van der Waals surface area (Å²) in [6.45, 7) is 0. The third kappa shape index (κ3) is 2.72. The lowest BCUT2D eigenvalue weighted by atomic mass is 9.95. The Morgan fingerprint density at radius 3 is 2.74 bits per heavy atom. The van der Waals surface area contributed by atoms with Gasteiger partial charge in [-0.2, -0.15) is 0 Å². The molecule has 0 spiro atoms. The molecule has 0 unspecified atom stereocenters. The van der Waals surface area contributed by atoms with E-state index in [1.165, 1.54) is 32.1 Å². The smallest absolute Gasteiger partial charge is 0.225 e. The Hall–Kier alpha value is -1.97. The minimum Gasteiger partial charge on any atom is -0.445 e. The first-order valence-corrected chi connectivity index (χ1v) is 6.89. The monoisotopic (exact) mass is 257 g/mol. The first-order chi connectivity index (χ1) is 9.33. The summed E-state index contributed by atoms with van der Waals surface area (Å²) in [5, 5.41) is 3.55. The molecule has 1 aliphatic carbocycles. The fourth-order valence-corrected chi connectivity index (χ4v) is 2.66. The first-order valence-electron chi connectivity index (χ1n) is 6.89. The molecular formula is C15H19N3O. The zero-order chi connectivity index (χ0) is 13.1. The van der Waals surface area contributed by atoms with Gasteiger partial charge in [0.25, 0.3) is 0 Å². The molecule has 0 saturated heterocycles. The second kappa shape index (κ2) is 5.34. The van der Waals surface area contributed by atoms with E-state index in [0.29, 0.717) is 11.9 Å². The van der Waals surface area contributed by atoms with Gasteiger partial charge in [0.2, 0.25) is 5.89 Å². The summed E-state index contributed by atoms with van der Waals surface area (Å²) in [6.07, 6.45) is 9.66. The summed E-state index contributed by atoms with van der Waals surface area (Å²) < 4.78 is 5.28. The first kappa shape index (κ1) is 12.1. The van der Waals surface area contributed by atoms with Crippen molar-refractivity contribution in [3.05, 3.63) is 30.7 Å². The van der Waals surface area contributed by atoms with Crippen molar-refractivity contribution in [2.45, 2.75) is 38.1 Å². The van der Waals surface area contributed by atoms with Crippen molar-refractivity contribution in [2.24, 2.45) is 0 Å². The normalized spacial score (nSPS) is 16.4. The van der Waals surface area contributed by atoms with Crippen molar-refractivity contribution < 1.29 is 4.42 Å². The van der Waals surface area contributed by atoms with Gasteiger partial charge in [0.05, 0.1) is 17.6 Å². The van der Waals surface area contributed by atoms with Crippen molar-refractivity contribution in [3.63, 3.8) is 0 Å². The average molecular weight is 257 g/mol. The molecule has 1 aromatic heterocycles. The molecule has 19 heavy (non-hydrogen) atoms. The number of nitrogens with one attached hydrogen (secondary N) is 1. The van der Waals surface area contributed by atoms with Crippen LogP contribution in [0.5, 0.6) is 0 Å². The molecular weight excluding hydrogens is 238 g/mol. The van der Waals surface area contributed by atoms with Gasteiger partial charge in [-0.1, -0.05) is 19.3 Å². The van der Waals surface area contributed by atoms with Crippen LogP contribution in [0.15, 0.2) is 35.1 Å². The molecule has 1 saturated carbocycles. The van der Waals surface area contributed by atoms with E-state index in [9.17, 15) is 0 Å². The number of nitrogens with zero attached hydrogens (tertiary/aromatic N) is 1. The number of rotatable bonds is 3. The molecule has 3 N–H and O–H groups in total. The minimum atomic E-state index is 0.559. The number of oxazole rings is 1. The molecule has 1 fully saturated rings. The number of benzene rings is 1. The number of nitrogen functional groups attached to an aromatic ring is 1. The molecule has 2 aromatic rings. The standard InChI is InChI=1S/C15H19N3O/c16-13-10-11(15-17-8-9-19-15)6-7-14(13)18-12-4-2-1-3-5-12/h6-10,12,18H,1-5,16H2. The number of aromatic nitrogens is 1. The highest BCUT2D eigenvalue weighted by atomic mass is 16.3. The van der Waals surface area contributed by atoms with Crippen LogP contribution in [0.4, 0.5) is 11.4 Å². The molecule has 1 heterocycles. The van der Waals surface area contributed by atoms with Gasteiger partial charge in [-0.05, 0) is 31.0 Å². The van der Waals surface area contributed by atoms with Crippen molar-refractivity contribution >= 4 is 11.4 Å². The average Bonchev–Trinajstić information content (AvgIpc) is 2.96. The highest BCUT2D eigenvalue weighted by molar-refractivity contribution is 5.73. The predicted molar refractivity (Wildman–Crippen MR) is 76.8 cm³/mol. The van der Waals surface area contributed by atoms with E-state index in [2.05, 4.69) is 10.3 Å². The molecule has 1 aliphatic rings. The molecule has 0 amide bonds. The molecule has 4 nitrogen and oxygen atoms in total. The summed E-state index contributed by atoms with van der Waals surface area (Å²) >= 11 is 0. The summed E-state index contributed by atoms with van der Waals surface area (Å²) in [5.74, 6) is 0.607. The van der Waals surface area contributed by atoms with Crippen LogP contribution in [-0.4, -0.2) is 11.0 Å². The predicted octanol–water partition coefficient (Wildman–Crippen LogP) is 3.67. The molecule has 4 heteroatoms. The van der Waals surface area contributed by atoms with E-state index in [1.807, 2.05) is 18.2 Å². The molecule has 100 valence electrons. The second-order valence-electron chi connectivity index (χ2n) is 5.12. The van der Waals surface area contributed by atoms with Crippen LogP contribution >= 0.6 is 0 Å². The van der Waals surface area contributed by atoms with Crippen LogP contribution in [0, 0.1) is 0 Å². The van der Waals surface area contributed by atoms with Gasteiger partial charge in [0, 0.05) is 11.6 Å². The maximum Gasteiger partial charge on any atom is 0.225 e. The van der Waals surface area contributed by atoms with Gasteiger partial charge in [0.1, 0.15) is 6.26 Å². The van der Waals surface area contributed by atoms with E-state index in [0.717, 1.165) is 16.9 Å². The lowest BCUT2D eigenvalue weighted by Gasteiger charge is -2.24. The topological polar surface area (TPSA) is 64.1 Å². The maximum atomic E-state index is 6.11. The Kier molecular flexibility index (Phi) is 3.40. The molecule has 0 radical (unpaired) electrons. The lowest BCUT2D eigenvalue weighted by Crippen LogP contribution is -2.22. The summed E-state index contributed by atoms with van der Waals surface area (Å²) in [6, 6.07) is 6.48. The van der Waals surface area contributed by atoms with Crippen molar-refractivity contribution in [1.82, 2.24) is 4.98 Å². The van der Waals surface area contributed by atoms with E-state index in [-0.39, 0.29) is 0 Å². The third-order valence-electron chi connectivity index (χ3n) is 3.70. The van der Waals surface area contributed by atoms with Gasteiger partial charge in [-0.15, -0.1) is 0 Å². The van der Waals surface area contributed by atoms with Gasteiger partial charge in [-0.3, -0.25) is 0 Å². The van der Waals surface area contributed by atoms with Crippen LogP contribution in [0.2, 0.25) is 0 Å². The largest absolute Gasteiger partial charge is 0.445 e. The van der Waals surface area contributed by atoms with E-state index < -0.39 is 0 Å². The molecule has 0 atom stereocenters. The number of anilines is 2. The van der Waals surface area contributed by atoms with Crippen LogP contribution in [0.25, 0.3) is 11.5 Å².